The highest BCUT2D eigenvalue weighted by Crippen LogP contribution is 2.33. The van der Waals surface area contributed by atoms with Crippen LogP contribution in [0.4, 0.5) is 10.5 Å². The monoisotopic (exact) mass is 457 g/mol. The molecule has 2 atom stereocenters. The third kappa shape index (κ3) is 3.87. The Morgan fingerprint density at radius 2 is 2.19 bits per heavy atom. The van der Waals surface area contributed by atoms with Gasteiger partial charge in [0.15, 0.2) is 0 Å². The summed E-state index contributed by atoms with van der Waals surface area (Å²) in [4.78, 5) is 35.8. The van der Waals surface area contributed by atoms with Gasteiger partial charge in [0.2, 0.25) is 5.91 Å². The number of benzene rings is 1. The summed E-state index contributed by atoms with van der Waals surface area (Å²) in [6, 6.07) is 4.87. The van der Waals surface area contributed by atoms with Gasteiger partial charge in [0.1, 0.15) is 6.04 Å². The van der Waals surface area contributed by atoms with Gasteiger partial charge < -0.3 is 25.0 Å². The Morgan fingerprint density at radius 3 is 3.03 bits per heavy atom. The largest absolute Gasteiger partial charge is 0.465 e. The van der Waals surface area contributed by atoms with Crippen molar-refractivity contribution in [1.29, 1.82) is 0 Å². The molecule has 2 amide bonds. The van der Waals surface area contributed by atoms with Gasteiger partial charge in [-0.2, -0.15) is 0 Å². The number of H-pyrrole nitrogens is 1. The summed E-state index contributed by atoms with van der Waals surface area (Å²) in [7, 11) is 0. The van der Waals surface area contributed by atoms with E-state index < -0.39 is 12.1 Å². The minimum Gasteiger partial charge on any atom is -0.465 e. The number of nitrogens with one attached hydrogen (secondary N) is 2. The van der Waals surface area contributed by atoms with Gasteiger partial charge in [-0.1, -0.05) is 11.6 Å². The molecule has 1 aromatic carbocycles. The van der Waals surface area contributed by atoms with Crippen LogP contribution >= 0.6 is 11.6 Å². The third-order valence-corrected chi connectivity index (χ3v) is 6.56. The van der Waals surface area contributed by atoms with E-state index in [1.807, 2.05) is 17.0 Å². The van der Waals surface area contributed by atoms with Crippen molar-refractivity contribution >= 4 is 51.1 Å². The minimum absolute atomic E-state index is 0.111. The highest BCUT2D eigenvalue weighted by molar-refractivity contribution is 6.33. The summed E-state index contributed by atoms with van der Waals surface area (Å²) < 4.78 is 5.59. The van der Waals surface area contributed by atoms with Gasteiger partial charge in [0, 0.05) is 47.7 Å². The van der Waals surface area contributed by atoms with Crippen molar-refractivity contribution in [1.82, 2.24) is 19.8 Å². The topological polar surface area (TPSA) is 111 Å². The van der Waals surface area contributed by atoms with E-state index in [0.717, 1.165) is 34.6 Å². The standard InChI is InChI=1S/C22H24ClN5O4/c23-13-8-16-15-3-4-24-10-18(15)25-20(16)17(9-13)26-21(29)19-12-32-7-6-27(19)11-14-2-1-5-28(14)22(30)31/h3-4,8-10,14,19,25H,1-2,5-7,11-12H2,(H,26,29)(H,30,31)/t14-,19+/m1/s1. The van der Waals surface area contributed by atoms with Crippen molar-refractivity contribution in [2.45, 2.75) is 24.9 Å². The average Bonchev–Trinajstić information content (AvgIpc) is 3.39. The Bertz CT molecular complexity index is 1180. The van der Waals surface area contributed by atoms with E-state index >= 15 is 0 Å². The van der Waals surface area contributed by atoms with Crippen LogP contribution in [0.25, 0.3) is 21.8 Å². The van der Waals surface area contributed by atoms with Gasteiger partial charge in [-0.05, 0) is 31.0 Å². The molecule has 2 aliphatic rings. The number of carbonyl (C=O) groups is 2. The number of halogens is 1. The van der Waals surface area contributed by atoms with Gasteiger partial charge in [0.05, 0.1) is 36.1 Å². The van der Waals surface area contributed by atoms with Crippen LogP contribution in [0.3, 0.4) is 0 Å². The summed E-state index contributed by atoms with van der Waals surface area (Å²) in [5.41, 5.74) is 2.23. The van der Waals surface area contributed by atoms with Crippen molar-refractivity contribution in [2.24, 2.45) is 0 Å². The molecule has 0 aliphatic carbocycles. The minimum atomic E-state index is -0.906. The van der Waals surface area contributed by atoms with E-state index in [-0.39, 0.29) is 18.6 Å². The number of likely N-dealkylation sites (tertiary alicyclic amines) is 1. The van der Waals surface area contributed by atoms with Crippen LogP contribution in [0.5, 0.6) is 0 Å². The number of pyridine rings is 1. The van der Waals surface area contributed by atoms with Crippen molar-refractivity contribution in [3.05, 3.63) is 35.6 Å². The van der Waals surface area contributed by atoms with Crippen LogP contribution in [0.1, 0.15) is 12.8 Å². The number of ether oxygens (including phenoxy) is 1. The lowest BCUT2D eigenvalue weighted by atomic mass is 10.1. The van der Waals surface area contributed by atoms with Crippen LogP contribution in [-0.4, -0.2) is 81.8 Å². The Hall–Kier alpha value is -2.88. The van der Waals surface area contributed by atoms with Crippen molar-refractivity contribution < 1.29 is 19.4 Å². The van der Waals surface area contributed by atoms with Gasteiger partial charge >= 0.3 is 6.09 Å². The second-order valence-electron chi connectivity index (χ2n) is 8.27. The molecule has 9 nitrogen and oxygen atoms in total. The molecule has 0 radical (unpaired) electrons. The molecule has 3 N–H and O–H groups in total. The number of anilines is 1. The normalized spacial score (nSPS) is 22.0. The van der Waals surface area contributed by atoms with Crippen LogP contribution in [0.15, 0.2) is 30.6 Å². The SMILES string of the molecule is O=C(Nc1cc(Cl)cc2c1[nH]c1cnccc12)[C@@H]1COCCN1C[C@H]1CCCN1C(=O)O. The predicted octanol–water partition coefficient (Wildman–Crippen LogP) is 3.15. The van der Waals surface area contributed by atoms with Gasteiger partial charge in [-0.3, -0.25) is 14.7 Å². The summed E-state index contributed by atoms with van der Waals surface area (Å²) >= 11 is 6.36. The molecule has 168 valence electrons. The predicted molar refractivity (Wildman–Crippen MR) is 121 cm³/mol. The lowest BCUT2D eigenvalue weighted by molar-refractivity contribution is -0.127. The smallest absolute Gasteiger partial charge is 0.407 e. The highest BCUT2D eigenvalue weighted by Gasteiger charge is 2.36. The first kappa shape index (κ1) is 21.0. The average molecular weight is 458 g/mol. The van der Waals surface area contributed by atoms with Crippen LogP contribution in [0.2, 0.25) is 5.02 Å². The molecule has 4 heterocycles. The number of rotatable bonds is 4. The Labute approximate surface area is 189 Å². The number of morpholine rings is 1. The van der Waals surface area contributed by atoms with E-state index in [1.165, 1.54) is 4.90 Å². The van der Waals surface area contributed by atoms with Crippen LogP contribution < -0.4 is 5.32 Å². The van der Waals surface area contributed by atoms with Crippen molar-refractivity contribution in [3.63, 3.8) is 0 Å². The molecular formula is C22H24ClN5O4. The highest BCUT2D eigenvalue weighted by atomic mass is 35.5. The lowest BCUT2D eigenvalue weighted by Crippen LogP contribution is -2.55. The second-order valence-corrected chi connectivity index (χ2v) is 8.71. The van der Waals surface area contributed by atoms with E-state index in [0.29, 0.717) is 37.0 Å². The molecule has 32 heavy (non-hydrogen) atoms. The molecule has 2 saturated heterocycles. The molecule has 0 unspecified atom stereocenters. The first-order valence-electron chi connectivity index (χ1n) is 10.7. The quantitative estimate of drug-likeness (QED) is 0.555. The maximum Gasteiger partial charge on any atom is 0.407 e. The fraction of sp³-hybridized carbons (Fsp3) is 0.409. The third-order valence-electron chi connectivity index (χ3n) is 6.34. The fourth-order valence-corrected chi connectivity index (χ4v) is 5.00. The fourth-order valence-electron chi connectivity index (χ4n) is 4.78. The molecule has 5 rings (SSSR count). The molecule has 0 bridgehead atoms. The molecular weight excluding hydrogens is 434 g/mol. The van der Waals surface area contributed by atoms with Crippen molar-refractivity contribution in [3.8, 4) is 0 Å². The van der Waals surface area contributed by atoms with Crippen molar-refractivity contribution in [2.75, 3.05) is 38.2 Å². The molecule has 0 spiro atoms. The molecule has 2 aliphatic heterocycles. The van der Waals surface area contributed by atoms with E-state index in [2.05, 4.69) is 15.3 Å². The number of carboxylic acid groups (broad SMARTS) is 1. The zero-order chi connectivity index (χ0) is 22.2. The number of hydrogen-bond acceptors (Lipinski definition) is 5. The number of aromatic amines is 1. The summed E-state index contributed by atoms with van der Waals surface area (Å²) in [5, 5.41) is 14.9. The van der Waals surface area contributed by atoms with Gasteiger partial charge in [-0.25, -0.2) is 4.79 Å². The molecule has 3 aromatic rings. The Morgan fingerprint density at radius 1 is 1.31 bits per heavy atom. The van der Waals surface area contributed by atoms with E-state index in [4.69, 9.17) is 16.3 Å². The van der Waals surface area contributed by atoms with E-state index in [9.17, 15) is 14.7 Å². The van der Waals surface area contributed by atoms with Gasteiger partial charge in [0.25, 0.3) is 0 Å². The summed E-state index contributed by atoms with van der Waals surface area (Å²) in [5.74, 6) is -0.204. The number of hydrogen-bond donors (Lipinski definition) is 3. The lowest BCUT2D eigenvalue weighted by Gasteiger charge is -2.37. The molecule has 2 aromatic heterocycles. The number of carbonyl (C=O) groups excluding carboxylic acids is 1. The summed E-state index contributed by atoms with van der Waals surface area (Å²) in [6.07, 6.45) is 4.19. The molecule has 2 fully saturated rings. The number of nitrogens with zero attached hydrogens (tertiary/aromatic N) is 3. The second kappa shape index (κ2) is 8.57. The number of aromatic nitrogens is 2. The molecule has 0 saturated carbocycles. The maximum atomic E-state index is 13.3. The molecule has 10 heteroatoms. The van der Waals surface area contributed by atoms with Gasteiger partial charge in [-0.15, -0.1) is 0 Å². The maximum absolute atomic E-state index is 13.3. The first-order chi connectivity index (χ1) is 15.5. The zero-order valence-electron chi connectivity index (χ0n) is 17.4. The first-order valence-corrected chi connectivity index (χ1v) is 11.1. The zero-order valence-corrected chi connectivity index (χ0v) is 18.1. The van der Waals surface area contributed by atoms with E-state index in [1.54, 1.807) is 18.5 Å². The Balaban J connectivity index is 1.40. The number of fused-ring (bicyclic) bond motifs is 3. The number of amides is 2. The van der Waals surface area contributed by atoms with Crippen LogP contribution in [0, 0.1) is 0 Å². The van der Waals surface area contributed by atoms with Crippen LogP contribution in [-0.2, 0) is 9.53 Å². The summed E-state index contributed by atoms with van der Waals surface area (Å²) in [6.45, 7) is 2.39. The Kier molecular flexibility index (Phi) is 5.62.